The van der Waals surface area contributed by atoms with Crippen molar-refractivity contribution in [3.05, 3.63) is 0 Å². The standard InChI is InChI=1S/C11H24N2O2S/c1-4-5-6-7-13-11(14)10(3)16(15)9(2)8-12/h9-10H,4-8,12H2,1-3H3,(H,13,14). The fourth-order valence-corrected chi connectivity index (χ4v) is 2.46. The molecule has 0 radical (unpaired) electrons. The molecule has 3 unspecified atom stereocenters. The zero-order chi connectivity index (χ0) is 12.6. The van der Waals surface area contributed by atoms with Crippen molar-refractivity contribution in [1.82, 2.24) is 5.32 Å². The lowest BCUT2D eigenvalue weighted by Gasteiger charge is -2.15. The fourth-order valence-electron chi connectivity index (χ4n) is 1.28. The largest absolute Gasteiger partial charge is 0.355 e. The molecular weight excluding hydrogens is 224 g/mol. The Morgan fingerprint density at radius 2 is 2.00 bits per heavy atom. The van der Waals surface area contributed by atoms with E-state index in [4.69, 9.17) is 5.73 Å². The van der Waals surface area contributed by atoms with E-state index in [0.29, 0.717) is 13.1 Å². The summed E-state index contributed by atoms with van der Waals surface area (Å²) in [4.78, 5) is 11.6. The molecule has 0 saturated heterocycles. The number of carbonyl (C=O) groups excluding carboxylic acids is 1. The molecule has 0 heterocycles. The Balaban J connectivity index is 3.94. The van der Waals surface area contributed by atoms with Crippen LogP contribution in [0.15, 0.2) is 0 Å². The molecule has 0 rings (SSSR count). The highest BCUT2D eigenvalue weighted by atomic mass is 32.2. The number of amides is 1. The number of nitrogens with one attached hydrogen (secondary N) is 1. The van der Waals surface area contributed by atoms with E-state index < -0.39 is 16.0 Å². The molecule has 0 aromatic rings. The van der Waals surface area contributed by atoms with Gasteiger partial charge in [-0.15, -0.1) is 0 Å². The predicted molar refractivity (Wildman–Crippen MR) is 68.7 cm³/mol. The summed E-state index contributed by atoms with van der Waals surface area (Å²) in [6, 6.07) is 0. The van der Waals surface area contributed by atoms with Gasteiger partial charge in [-0.2, -0.15) is 0 Å². The van der Waals surface area contributed by atoms with E-state index in [9.17, 15) is 9.00 Å². The van der Waals surface area contributed by atoms with Crippen LogP contribution in [0.1, 0.15) is 40.0 Å². The molecule has 0 aliphatic heterocycles. The second-order valence-electron chi connectivity index (χ2n) is 4.02. The highest BCUT2D eigenvalue weighted by molar-refractivity contribution is 7.87. The van der Waals surface area contributed by atoms with Gasteiger partial charge in [0.05, 0.1) is 0 Å². The summed E-state index contributed by atoms with van der Waals surface area (Å²) in [6.07, 6.45) is 3.21. The van der Waals surface area contributed by atoms with E-state index in [1.54, 1.807) is 13.8 Å². The molecule has 0 aromatic heterocycles. The van der Waals surface area contributed by atoms with Crippen molar-refractivity contribution >= 4 is 16.7 Å². The average molecular weight is 248 g/mol. The Kier molecular flexibility index (Phi) is 8.47. The second-order valence-corrected chi connectivity index (χ2v) is 6.18. The summed E-state index contributed by atoms with van der Waals surface area (Å²) in [6.45, 7) is 6.63. The summed E-state index contributed by atoms with van der Waals surface area (Å²) in [7, 11) is -1.18. The first-order valence-corrected chi connectivity index (χ1v) is 7.19. The van der Waals surface area contributed by atoms with Crippen molar-refractivity contribution in [2.45, 2.75) is 50.5 Å². The molecule has 0 spiro atoms. The maximum Gasteiger partial charge on any atom is 0.235 e. The summed E-state index contributed by atoms with van der Waals surface area (Å²) in [5.74, 6) is -0.130. The molecule has 1 amide bonds. The minimum absolute atomic E-state index is 0.128. The van der Waals surface area contributed by atoms with Gasteiger partial charge in [-0.25, -0.2) is 0 Å². The van der Waals surface area contributed by atoms with Gasteiger partial charge in [0.1, 0.15) is 5.25 Å². The smallest absolute Gasteiger partial charge is 0.235 e. The maximum atomic E-state index is 11.8. The van der Waals surface area contributed by atoms with Gasteiger partial charge in [-0.3, -0.25) is 9.00 Å². The van der Waals surface area contributed by atoms with E-state index in [1.165, 1.54) is 0 Å². The van der Waals surface area contributed by atoms with Crippen LogP contribution in [0.25, 0.3) is 0 Å². The van der Waals surface area contributed by atoms with Gasteiger partial charge in [0, 0.05) is 29.1 Å². The molecule has 0 aromatic carbocycles. The quantitative estimate of drug-likeness (QED) is 0.623. The minimum atomic E-state index is -1.18. The van der Waals surface area contributed by atoms with Crippen molar-refractivity contribution in [3.63, 3.8) is 0 Å². The zero-order valence-electron chi connectivity index (χ0n) is 10.5. The predicted octanol–water partition coefficient (Wildman–Crippen LogP) is 0.777. The monoisotopic (exact) mass is 248 g/mol. The fraction of sp³-hybridized carbons (Fsp3) is 0.909. The normalized spacial score (nSPS) is 16.5. The van der Waals surface area contributed by atoms with E-state index >= 15 is 0 Å². The van der Waals surface area contributed by atoms with Gasteiger partial charge >= 0.3 is 0 Å². The van der Waals surface area contributed by atoms with Crippen molar-refractivity contribution in [1.29, 1.82) is 0 Å². The molecule has 0 aliphatic carbocycles. The first kappa shape index (κ1) is 15.6. The molecule has 0 bridgehead atoms. The molecular formula is C11H24N2O2S. The Morgan fingerprint density at radius 3 is 2.50 bits per heavy atom. The lowest BCUT2D eigenvalue weighted by atomic mass is 10.2. The van der Waals surface area contributed by atoms with Crippen LogP contribution in [0.3, 0.4) is 0 Å². The molecule has 3 N–H and O–H groups in total. The van der Waals surface area contributed by atoms with E-state index in [1.807, 2.05) is 0 Å². The first-order valence-electron chi connectivity index (χ1n) is 5.91. The molecule has 0 aliphatic rings. The molecule has 4 nitrogen and oxygen atoms in total. The zero-order valence-corrected chi connectivity index (χ0v) is 11.3. The molecule has 0 saturated carbocycles. The molecule has 3 atom stereocenters. The lowest BCUT2D eigenvalue weighted by Crippen LogP contribution is -2.40. The summed E-state index contributed by atoms with van der Waals surface area (Å²) < 4.78 is 11.8. The number of rotatable bonds is 8. The molecule has 96 valence electrons. The molecule has 16 heavy (non-hydrogen) atoms. The Morgan fingerprint density at radius 1 is 1.38 bits per heavy atom. The number of carbonyl (C=O) groups is 1. The molecule has 0 fully saturated rings. The van der Waals surface area contributed by atoms with Gasteiger partial charge < -0.3 is 11.1 Å². The van der Waals surface area contributed by atoms with Crippen molar-refractivity contribution in [2.24, 2.45) is 5.73 Å². The summed E-state index contributed by atoms with van der Waals surface area (Å²) in [5, 5.41) is 2.20. The van der Waals surface area contributed by atoms with Crippen LogP contribution in [0.2, 0.25) is 0 Å². The Hall–Kier alpha value is -0.420. The Bertz CT molecular complexity index is 234. The second kappa shape index (κ2) is 8.70. The Labute approximate surface area is 101 Å². The van der Waals surface area contributed by atoms with E-state index in [-0.39, 0.29) is 11.2 Å². The van der Waals surface area contributed by atoms with Gasteiger partial charge in [0.2, 0.25) is 5.91 Å². The van der Waals surface area contributed by atoms with Crippen LogP contribution in [-0.2, 0) is 15.6 Å². The highest BCUT2D eigenvalue weighted by Crippen LogP contribution is 2.03. The number of hydrogen-bond donors (Lipinski definition) is 2. The van der Waals surface area contributed by atoms with Gasteiger partial charge in [0.25, 0.3) is 0 Å². The van der Waals surface area contributed by atoms with Crippen LogP contribution >= 0.6 is 0 Å². The van der Waals surface area contributed by atoms with Gasteiger partial charge in [-0.1, -0.05) is 19.8 Å². The molecule has 5 heteroatoms. The highest BCUT2D eigenvalue weighted by Gasteiger charge is 2.23. The lowest BCUT2D eigenvalue weighted by molar-refractivity contribution is -0.120. The number of unbranched alkanes of at least 4 members (excludes halogenated alkanes) is 2. The van der Waals surface area contributed by atoms with Crippen molar-refractivity contribution < 1.29 is 9.00 Å². The van der Waals surface area contributed by atoms with E-state index in [0.717, 1.165) is 19.3 Å². The van der Waals surface area contributed by atoms with Gasteiger partial charge in [0.15, 0.2) is 0 Å². The topological polar surface area (TPSA) is 72.2 Å². The van der Waals surface area contributed by atoms with Crippen LogP contribution in [0.5, 0.6) is 0 Å². The van der Waals surface area contributed by atoms with Crippen molar-refractivity contribution in [3.8, 4) is 0 Å². The minimum Gasteiger partial charge on any atom is -0.355 e. The third-order valence-corrected chi connectivity index (χ3v) is 4.42. The number of nitrogens with two attached hydrogens (primary N) is 1. The van der Waals surface area contributed by atoms with Crippen LogP contribution in [0, 0.1) is 0 Å². The average Bonchev–Trinajstić information content (AvgIpc) is 2.31. The first-order chi connectivity index (χ1) is 7.54. The van der Waals surface area contributed by atoms with Crippen molar-refractivity contribution in [2.75, 3.05) is 13.1 Å². The van der Waals surface area contributed by atoms with E-state index in [2.05, 4.69) is 12.2 Å². The SMILES string of the molecule is CCCCCNC(=O)C(C)S(=O)C(C)CN. The van der Waals surface area contributed by atoms with Crippen LogP contribution in [0.4, 0.5) is 0 Å². The third-order valence-electron chi connectivity index (χ3n) is 2.53. The van der Waals surface area contributed by atoms with Crippen LogP contribution < -0.4 is 11.1 Å². The third kappa shape index (κ3) is 5.61. The maximum absolute atomic E-state index is 11.8. The number of hydrogen-bond acceptors (Lipinski definition) is 3. The summed E-state index contributed by atoms with van der Waals surface area (Å²) in [5.41, 5.74) is 5.43. The van der Waals surface area contributed by atoms with Gasteiger partial charge in [-0.05, 0) is 20.3 Å². The van der Waals surface area contributed by atoms with Crippen LogP contribution in [-0.4, -0.2) is 33.7 Å². The summed E-state index contributed by atoms with van der Waals surface area (Å²) >= 11 is 0.